The quantitative estimate of drug-likeness (QED) is 0.344. The highest BCUT2D eigenvalue weighted by Crippen LogP contribution is 2.20. The molecule has 1 rings (SSSR count). The first-order valence-electron chi connectivity index (χ1n) is 6.12. The summed E-state index contributed by atoms with van der Waals surface area (Å²) in [7, 11) is 0. The Hall–Kier alpha value is -1.40. The van der Waals surface area contributed by atoms with Gasteiger partial charge in [-0.25, -0.2) is 4.98 Å². The molecule has 106 valence electrons. The average molecular weight is 288 g/mol. The minimum Gasteiger partial charge on any atom is -0.381 e. The zero-order valence-corrected chi connectivity index (χ0v) is 11.8. The van der Waals surface area contributed by atoms with Crippen LogP contribution in [0.4, 0.5) is 11.5 Å². The van der Waals surface area contributed by atoms with E-state index < -0.39 is 4.92 Å². The maximum Gasteiger partial charge on any atom is 0.276 e. The Bertz CT molecular complexity index is 427. The van der Waals surface area contributed by atoms with Gasteiger partial charge in [-0.1, -0.05) is 25.4 Å². The highest BCUT2D eigenvalue weighted by atomic mass is 35.5. The number of pyridine rings is 1. The van der Waals surface area contributed by atoms with Gasteiger partial charge in [0.15, 0.2) is 0 Å². The van der Waals surface area contributed by atoms with Gasteiger partial charge in [0.2, 0.25) is 0 Å². The van der Waals surface area contributed by atoms with Crippen LogP contribution in [0.5, 0.6) is 0 Å². The highest BCUT2D eigenvalue weighted by molar-refractivity contribution is 6.29. The maximum absolute atomic E-state index is 10.7. The van der Waals surface area contributed by atoms with Crippen molar-refractivity contribution in [2.75, 3.05) is 25.1 Å². The van der Waals surface area contributed by atoms with Crippen LogP contribution < -0.4 is 5.32 Å². The Morgan fingerprint density at radius 2 is 2.26 bits per heavy atom. The van der Waals surface area contributed by atoms with E-state index in [1.54, 1.807) is 0 Å². The molecule has 0 aliphatic heterocycles. The molecule has 6 nitrogen and oxygen atoms in total. The summed E-state index contributed by atoms with van der Waals surface area (Å²) >= 11 is 5.71. The molecule has 1 N–H and O–H groups in total. The van der Waals surface area contributed by atoms with Gasteiger partial charge < -0.3 is 10.1 Å². The van der Waals surface area contributed by atoms with Crippen molar-refractivity contribution in [1.82, 2.24) is 4.98 Å². The maximum atomic E-state index is 10.7. The summed E-state index contributed by atoms with van der Waals surface area (Å²) in [6.45, 7) is 6.19. The molecule has 0 atom stereocenters. The predicted molar refractivity (Wildman–Crippen MR) is 74.7 cm³/mol. The van der Waals surface area contributed by atoms with E-state index in [-0.39, 0.29) is 10.8 Å². The first-order chi connectivity index (χ1) is 8.99. The van der Waals surface area contributed by atoms with Crippen LogP contribution in [0, 0.1) is 16.0 Å². The Morgan fingerprint density at radius 3 is 2.89 bits per heavy atom. The van der Waals surface area contributed by atoms with Crippen molar-refractivity contribution in [2.45, 2.75) is 20.3 Å². The number of nitrogens with one attached hydrogen (secondary N) is 1. The largest absolute Gasteiger partial charge is 0.381 e. The first kappa shape index (κ1) is 15.7. The van der Waals surface area contributed by atoms with Gasteiger partial charge in [0.25, 0.3) is 5.69 Å². The van der Waals surface area contributed by atoms with Gasteiger partial charge in [-0.3, -0.25) is 10.1 Å². The van der Waals surface area contributed by atoms with Crippen LogP contribution in [0.15, 0.2) is 12.1 Å². The fourth-order valence-electron chi connectivity index (χ4n) is 1.39. The van der Waals surface area contributed by atoms with E-state index in [9.17, 15) is 10.1 Å². The van der Waals surface area contributed by atoms with E-state index >= 15 is 0 Å². The Kier molecular flexibility index (Phi) is 6.52. The van der Waals surface area contributed by atoms with Crippen molar-refractivity contribution < 1.29 is 9.66 Å². The van der Waals surface area contributed by atoms with Crippen LogP contribution in [-0.2, 0) is 4.74 Å². The first-order valence-corrected chi connectivity index (χ1v) is 6.50. The molecule has 7 heteroatoms. The zero-order chi connectivity index (χ0) is 14.3. The average Bonchev–Trinajstić information content (AvgIpc) is 2.32. The lowest BCUT2D eigenvalue weighted by atomic mass is 10.2. The lowest BCUT2D eigenvalue weighted by Gasteiger charge is -2.08. The van der Waals surface area contributed by atoms with E-state index in [0.29, 0.717) is 24.9 Å². The summed E-state index contributed by atoms with van der Waals surface area (Å²) in [5.74, 6) is 0.924. The molecule has 1 aromatic rings. The molecule has 0 spiro atoms. The number of rotatable bonds is 8. The summed E-state index contributed by atoms with van der Waals surface area (Å²) in [6.07, 6.45) is 0.800. The van der Waals surface area contributed by atoms with Crippen molar-refractivity contribution in [2.24, 2.45) is 5.92 Å². The van der Waals surface area contributed by atoms with Crippen molar-refractivity contribution in [3.05, 3.63) is 27.4 Å². The Morgan fingerprint density at radius 1 is 1.53 bits per heavy atom. The number of halogens is 1. The monoisotopic (exact) mass is 287 g/mol. The second-order valence-electron chi connectivity index (χ2n) is 4.54. The predicted octanol–water partition coefficient (Wildman–Crippen LogP) is 3.12. The van der Waals surface area contributed by atoms with Crippen molar-refractivity contribution >= 4 is 23.1 Å². The van der Waals surface area contributed by atoms with Gasteiger partial charge in [0, 0.05) is 19.8 Å². The number of hydrogen-bond acceptors (Lipinski definition) is 5. The van der Waals surface area contributed by atoms with Gasteiger partial charge in [0.1, 0.15) is 11.0 Å². The third-order valence-corrected chi connectivity index (χ3v) is 2.41. The zero-order valence-electron chi connectivity index (χ0n) is 11.1. The topological polar surface area (TPSA) is 77.3 Å². The van der Waals surface area contributed by atoms with Crippen LogP contribution in [0.2, 0.25) is 5.15 Å². The van der Waals surface area contributed by atoms with Gasteiger partial charge in [-0.05, 0) is 12.3 Å². The molecule has 0 fully saturated rings. The van der Waals surface area contributed by atoms with E-state index in [0.717, 1.165) is 13.0 Å². The molecule has 0 bridgehead atoms. The van der Waals surface area contributed by atoms with E-state index in [1.165, 1.54) is 12.1 Å². The second-order valence-corrected chi connectivity index (χ2v) is 4.93. The number of anilines is 1. The molecule has 0 aliphatic rings. The van der Waals surface area contributed by atoms with Crippen LogP contribution in [-0.4, -0.2) is 29.7 Å². The number of ether oxygens (including phenoxy) is 1. The summed E-state index contributed by atoms with van der Waals surface area (Å²) in [6, 6.07) is 2.58. The molecule has 0 aromatic carbocycles. The standard InChI is InChI=1S/C12H18ClN3O3/c1-9(2)8-19-5-3-4-14-12-7-10(16(17)18)6-11(13)15-12/h6-7,9H,3-5,8H2,1-2H3,(H,14,15). The molecule has 0 aliphatic carbocycles. The SMILES string of the molecule is CC(C)COCCCNc1cc([N+](=O)[O-])cc(Cl)n1. The lowest BCUT2D eigenvalue weighted by Crippen LogP contribution is -2.09. The van der Waals surface area contributed by atoms with E-state index in [1.807, 2.05) is 0 Å². The van der Waals surface area contributed by atoms with Crippen molar-refractivity contribution in [1.29, 1.82) is 0 Å². The molecule has 0 amide bonds. The summed E-state index contributed by atoms with van der Waals surface area (Å²) in [5, 5.41) is 13.7. The van der Waals surface area contributed by atoms with Gasteiger partial charge >= 0.3 is 0 Å². The molecule has 0 unspecified atom stereocenters. The lowest BCUT2D eigenvalue weighted by molar-refractivity contribution is -0.384. The van der Waals surface area contributed by atoms with E-state index in [4.69, 9.17) is 16.3 Å². The van der Waals surface area contributed by atoms with Crippen LogP contribution in [0.1, 0.15) is 20.3 Å². The van der Waals surface area contributed by atoms with E-state index in [2.05, 4.69) is 24.1 Å². The van der Waals surface area contributed by atoms with Gasteiger partial charge in [-0.2, -0.15) is 0 Å². The number of aromatic nitrogens is 1. The molecule has 0 saturated heterocycles. The number of nitrogens with zero attached hydrogens (tertiary/aromatic N) is 2. The minimum atomic E-state index is -0.496. The molecule has 1 aromatic heterocycles. The number of nitro groups is 1. The fraction of sp³-hybridized carbons (Fsp3) is 0.583. The third-order valence-electron chi connectivity index (χ3n) is 2.21. The van der Waals surface area contributed by atoms with Crippen molar-refractivity contribution in [3.63, 3.8) is 0 Å². The smallest absolute Gasteiger partial charge is 0.276 e. The summed E-state index contributed by atoms with van der Waals surface area (Å²) in [4.78, 5) is 14.1. The van der Waals surface area contributed by atoms with Gasteiger partial charge in [-0.15, -0.1) is 0 Å². The fourth-order valence-corrected chi connectivity index (χ4v) is 1.59. The molecule has 0 radical (unpaired) electrons. The van der Waals surface area contributed by atoms with Crippen molar-refractivity contribution in [3.8, 4) is 0 Å². The molecule has 1 heterocycles. The summed E-state index contributed by atoms with van der Waals surface area (Å²) < 4.78 is 5.42. The summed E-state index contributed by atoms with van der Waals surface area (Å²) in [5.41, 5.74) is -0.0708. The number of hydrogen-bond donors (Lipinski definition) is 1. The van der Waals surface area contributed by atoms with Crippen LogP contribution in [0.3, 0.4) is 0 Å². The molecular formula is C12H18ClN3O3. The van der Waals surface area contributed by atoms with Crippen LogP contribution >= 0.6 is 11.6 Å². The third kappa shape index (κ3) is 6.35. The normalized spacial score (nSPS) is 10.7. The second kappa shape index (κ2) is 7.91. The molecule has 0 saturated carbocycles. The minimum absolute atomic E-state index is 0.0708. The Labute approximate surface area is 117 Å². The van der Waals surface area contributed by atoms with Crippen LogP contribution in [0.25, 0.3) is 0 Å². The Balaban J connectivity index is 2.35. The molecule has 19 heavy (non-hydrogen) atoms. The highest BCUT2D eigenvalue weighted by Gasteiger charge is 2.09. The molecular weight excluding hydrogens is 270 g/mol. The van der Waals surface area contributed by atoms with Gasteiger partial charge in [0.05, 0.1) is 17.1 Å².